The lowest BCUT2D eigenvalue weighted by molar-refractivity contribution is -0.137. The van der Waals surface area contributed by atoms with Gasteiger partial charge >= 0.3 is 5.97 Å². The third-order valence-corrected chi connectivity index (χ3v) is 8.50. The number of piperidine rings is 1. The van der Waals surface area contributed by atoms with Gasteiger partial charge in [-0.25, -0.2) is 4.79 Å². The number of phenols is 1. The number of anilines is 1. The van der Waals surface area contributed by atoms with Gasteiger partial charge in [-0.2, -0.15) is 0 Å². The zero-order chi connectivity index (χ0) is 25.1. The second-order valence-corrected chi connectivity index (χ2v) is 10.4. The molecule has 0 unspecified atom stereocenters. The zero-order valence-electron chi connectivity index (χ0n) is 21.0. The van der Waals surface area contributed by atoms with Gasteiger partial charge in [0.1, 0.15) is 5.75 Å². The van der Waals surface area contributed by atoms with Crippen LogP contribution in [0.3, 0.4) is 0 Å². The molecule has 0 aromatic heterocycles. The Bertz CT molecular complexity index is 1140. The molecular formula is C30H36N2O4. The molecule has 190 valence electrons. The third-order valence-electron chi connectivity index (χ3n) is 8.50. The van der Waals surface area contributed by atoms with Gasteiger partial charge in [0.15, 0.2) is 0 Å². The molecule has 3 atom stereocenters. The van der Waals surface area contributed by atoms with Gasteiger partial charge in [-0.15, -0.1) is 0 Å². The number of nitrogens with zero attached hydrogens (tertiary/aromatic N) is 1. The first-order chi connectivity index (χ1) is 17.5. The summed E-state index contributed by atoms with van der Waals surface area (Å²) >= 11 is 0. The number of ether oxygens (including phenoxy) is 1. The van der Waals surface area contributed by atoms with E-state index in [1.165, 1.54) is 54.9 Å². The van der Waals surface area contributed by atoms with Crippen molar-refractivity contribution >= 4 is 17.6 Å². The number of benzene rings is 2. The molecule has 1 saturated carbocycles. The smallest absolute Gasteiger partial charge is 0.330 e. The van der Waals surface area contributed by atoms with E-state index in [-0.39, 0.29) is 17.9 Å². The van der Waals surface area contributed by atoms with Crippen molar-refractivity contribution in [2.24, 2.45) is 5.92 Å². The van der Waals surface area contributed by atoms with Crippen molar-refractivity contribution in [3.8, 4) is 5.75 Å². The fourth-order valence-electron chi connectivity index (χ4n) is 6.90. The van der Waals surface area contributed by atoms with Crippen LogP contribution in [0.5, 0.6) is 5.75 Å². The number of rotatable bonds is 7. The van der Waals surface area contributed by atoms with Gasteiger partial charge in [0.05, 0.1) is 6.61 Å². The lowest BCUT2D eigenvalue weighted by atomic mass is 9.52. The number of fused-ring (bicyclic) bond motifs is 1. The summed E-state index contributed by atoms with van der Waals surface area (Å²) in [6, 6.07) is 14.6. The lowest BCUT2D eigenvalue weighted by Gasteiger charge is -2.59. The monoisotopic (exact) mass is 488 g/mol. The summed E-state index contributed by atoms with van der Waals surface area (Å²) in [7, 11) is 0. The summed E-state index contributed by atoms with van der Waals surface area (Å²) < 4.78 is 4.79. The van der Waals surface area contributed by atoms with E-state index in [1.54, 1.807) is 6.92 Å². The Hall–Kier alpha value is -3.12. The summed E-state index contributed by atoms with van der Waals surface area (Å²) in [5, 5.41) is 13.0. The standard InChI is InChI=1S/C30H36N2O4/c1-2-36-29(35)13-12-28(34)31-23-9-6-21(7-10-23)14-17-32-18-16-30-15-4-3-5-25(30)27(32)19-22-8-11-24(33)20-26(22)30/h6-13,20,25,27,33H,2-5,14-19H2,1H3,(H,31,34)/b13-12+/t25-,27+,30+/m0/s1. The summed E-state index contributed by atoms with van der Waals surface area (Å²) in [6.45, 7) is 4.14. The number of likely N-dealkylation sites (tertiary alicyclic amines) is 1. The molecule has 1 saturated heterocycles. The highest BCUT2D eigenvalue weighted by atomic mass is 16.5. The predicted molar refractivity (Wildman–Crippen MR) is 140 cm³/mol. The minimum Gasteiger partial charge on any atom is -0.508 e. The Morgan fingerprint density at radius 2 is 1.97 bits per heavy atom. The summed E-state index contributed by atoms with van der Waals surface area (Å²) in [5.74, 6) is 0.203. The minimum absolute atomic E-state index is 0.243. The molecule has 6 heteroatoms. The quantitative estimate of drug-likeness (QED) is 0.434. The number of carbonyl (C=O) groups is 2. The van der Waals surface area contributed by atoms with Crippen molar-refractivity contribution in [1.29, 1.82) is 0 Å². The first-order valence-corrected chi connectivity index (χ1v) is 13.3. The van der Waals surface area contributed by atoms with E-state index < -0.39 is 5.97 Å². The number of esters is 1. The fraction of sp³-hybridized carbons (Fsp3) is 0.467. The summed E-state index contributed by atoms with van der Waals surface area (Å²) in [6.07, 6.45) is 10.7. The molecular weight excluding hydrogens is 452 g/mol. The van der Waals surface area contributed by atoms with Crippen LogP contribution in [0.4, 0.5) is 5.69 Å². The summed E-state index contributed by atoms with van der Waals surface area (Å²) in [5.41, 5.74) is 5.05. The van der Waals surface area contributed by atoms with Crippen molar-refractivity contribution in [1.82, 2.24) is 4.90 Å². The predicted octanol–water partition coefficient (Wildman–Crippen LogP) is 4.75. The molecule has 36 heavy (non-hydrogen) atoms. The lowest BCUT2D eigenvalue weighted by Crippen LogP contribution is -2.61. The summed E-state index contributed by atoms with van der Waals surface area (Å²) in [4.78, 5) is 26.1. The van der Waals surface area contributed by atoms with E-state index in [0.29, 0.717) is 23.4 Å². The molecule has 5 rings (SSSR count). The van der Waals surface area contributed by atoms with Gasteiger partial charge < -0.3 is 15.2 Å². The number of hydrogen-bond donors (Lipinski definition) is 2. The van der Waals surface area contributed by atoms with Gasteiger partial charge in [-0.1, -0.05) is 31.0 Å². The Balaban J connectivity index is 1.21. The third kappa shape index (κ3) is 4.92. The van der Waals surface area contributed by atoms with Crippen LogP contribution in [0.1, 0.15) is 55.7 Å². The Morgan fingerprint density at radius 3 is 2.78 bits per heavy atom. The average molecular weight is 489 g/mol. The van der Waals surface area contributed by atoms with Gasteiger partial charge in [0.25, 0.3) is 0 Å². The van der Waals surface area contributed by atoms with E-state index in [4.69, 9.17) is 4.74 Å². The zero-order valence-corrected chi connectivity index (χ0v) is 21.0. The molecule has 2 aromatic carbocycles. The Labute approximate surface area is 213 Å². The maximum absolute atomic E-state index is 12.0. The number of carbonyl (C=O) groups excluding carboxylic acids is 2. The molecule has 2 bridgehead atoms. The van der Waals surface area contributed by atoms with Crippen LogP contribution in [-0.4, -0.2) is 47.6 Å². The van der Waals surface area contributed by atoms with Crippen molar-refractivity contribution in [3.63, 3.8) is 0 Å². The number of hydrogen-bond acceptors (Lipinski definition) is 5. The average Bonchev–Trinajstić information content (AvgIpc) is 2.88. The number of nitrogens with one attached hydrogen (secondary N) is 1. The van der Waals surface area contributed by atoms with E-state index >= 15 is 0 Å². The maximum Gasteiger partial charge on any atom is 0.330 e. The van der Waals surface area contributed by atoms with Crippen molar-refractivity contribution in [3.05, 3.63) is 71.3 Å². The second kappa shape index (κ2) is 10.5. The number of amides is 1. The van der Waals surface area contributed by atoms with Crippen LogP contribution in [-0.2, 0) is 32.6 Å². The van der Waals surface area contributed by atoms with Crippen molar-refractivity contribution in [2.75, 3.05) is 25.0 Å². The van der Waals surface area contributed by atoms with Crippen molar-refractivity contribution in [2.45, 2.75) is 63.3 Å². The van der Waals surface area contributed by atoms with Crippen molar-refractivity contribution < 1.29 is 19.4 Å². The van der Waals surface area contributed by atoms with Crippen LogP contribution in [0.15, 0.2) is 54.6 Å². The molecule has 1 aliphatic heterocycles. The van der Waals surface area contributed by atoms with Gasteiger partial charge in [-0.05, 0) is 92.4 Å². The Morgan fingerprint density at radius 1 is 1.14 bits per heavy atom. The fourth-order valence-corrected chi connectivity index (χ4v) is 6.90. The highest BCUT2D eigenvalue weighted by Crippen LogP contribution is 2.56. The molecule has 2 fully saturated rings. The molecule has 2 aliphatic carbocycles. The largest absolute Gasteiger partial charge is 0.508 e. The SMILES string of the molecule is CCOC(=O)/C=C/C(=O)Nc1ccc(CCN2CC[C@]34CCCC[C@H]3[C@H]2Cc2ccc(O)cc24)cc1. The first kappa shape index (κ1) is 24.6. The number of aromatic hydroxyl groups is 1. The maximum atomic E-state index is 12.0. The topological polar surface area (TPSA) is 78.9 Å². The molecule has 0 radical (unpaired) electrons. The second-order valence-electron chi connectivity index (χ2n) is 10.4. The van der Waals surface area contributed by atoms with Gasteiger partial charge in [-0.3, -0.25) is 9.69 Å². The number of phenolic OH excluding ortho intramolecular Hbond substituents is 1. The molecule has 2 aromatic rings. The normalized spacial score (nSPS) is 25.1. The van der Waals surface area contributed by atoms with Gasteiger partial charge in [0.2, 0.25) is 5.91 Å². The highest BCUT2D eigenvalue weighted by molar-refractivity contribution is 6.02. The molecule has 2 N–H and O–H groups in total. The van der Waals surface area contributed by atoms with Gasteiger partial charge in [0, 0.05) is 35.8 Å². The molecule has 6 nitrogen and oxygen atoms in total. The molecule has 3 aliphatic rings. The van der Waals surface area contributed by atoms with E-state index in [1.807, 2.05) is 18.2 Å². The minimum atomic E-state index is -0.522. The van der Waals surface area contributed by atoms with Crippen LogP contribution < -0.4 is 5.32 Å². The molecule has 1 amide bonds. The van der Waals surface area contributed by atoms with Crippen LogP contribution in [0.2, 0.25) is 0 Å². The van der Waals surface area contributed by atoms with Crippen LogP contribution in [0, 0.1) is 5.92 Å². The van der Waals surface area contributed by atoms with Crippen LogP contribution in [0.25, 0.3) is 0 Å². The first-order valence-electron chi connectivity index (χ1n) is 13.3. The molecule has 0 spiro atoms. The molecule has 1 heterocycles. The highest BCUT2D eigenvalue weighted by Gasteiger charge is 2.53. The van der Waals surface area contributed by atoms with E-state index in [0.717, 1.165) is 32.0 Å². The Kier molecular flexibility index (Phi) is 7.15. The van der Waals surface area contributed by atoms with E-state index in [2.05, 4.69) is 34.5 Å². The van der Waals surface area contributed by atoms with E-state index in [9.17, 15) is 14.7 Å². The van der Waals surface area contributed by atoms with Crippen LogP contribution >= 0.6 is 0 Å².